The molecule has 0 radical (unpaired) electrons. The number of ether oxygens (including phenoxy) is 3. The molecule has 0 atom stereocenters. The van der Waals surface area contributed by atoms with Crippen LogP contribution >= 0.6 is 0 Å². The number of benzene rings is 1. The zero-order valence-corrected chi connectivity index (χ0v) is 9.26. The van der Waals surface area contributed by atoms with Crippen molar-refractivity contribution in [2.24, 2.45) is 0 Å². The summed E-state index contributed by atoms with van der Waals surface area (Å²) in [6, 6.07) is 4.16. The molecule has 6 heteroatoms. The number of rotatable bonds is 3. The van der Waals surface area contributed by atoms with E-state index in [0.717, 1.165) is 7.11 Å². The largest absolute Gasteiger partial charge is 0.493 e. The van der Waals surface area contributed by atoms with Gasteiger partial charge in [0.2, 0.25) is 0 Å². The third kappa shape index (κ3) is 3.04. The summed E-state index contributed by atoms with van der Waals surface area (Å²) in [6.45, 7) is 0. The van der Waals surface area contributed by atoms with E-state index in [0.29, 0.717) is 11.8 Å². The molecule has 1 aromatic rings. The Morgan fingerprint density at radius 2 is 1.82 bits per heavy atom. The summed E-state index contributed by atoms with van der Waals surface area (Å²) in [4.78, 5) is 32.5. The van der Waals surface area contributed by atoms with Gasteiger partial charge in [0.05, 0.1) is 14.2 Å². The molecule has 0 spiro atoms. The lowest BCUT2D eigenvalue weighted by molar-refractivity contribution is -0.160. The Kier molecular flexibility index (Phi) is 4.21. The van der Waals surface area contributed by atoms with Gasteiger partial charge >= 0.3 is 11.9 Å². The molecule has 1 rings (SSSR count). The summed E-state index contributed by atoms with van der Waals surface area (Å²) in [6.07, 6.45) is 0.619. The number of carbonyl (C=O) groups excluding carboxylic acids is 3. The molecule has 0 aromatic heterocycles. The Bertz CT molecular complexity index is 451. The number of esters is 2. The fourth-order valence-electron chi connectivity index (χ4n) is 1.07. The normalized spacial score (nSPS) is 9.29. The molecule has 0 unspecified atom stereocenters. The second-order valence-electron chi connectivity index (χ2n) is 2.91. The molecular formula is C11H10O6. The minimum atomic E-state index is -1.16. The number of hydrogen-bond acceptors (Lipinski definition) is 6. The maximum Gasteiger partial charge on any atom is 0.422 e. The molecule has 0 fully saturated rings. The van der Waals surface area contributed by atoms with E-state index < -0.39 is 11.9 Å². The molecular weight excluding hydrogens is 228 g/mol. The molecule has 0 saturated carbocycles. The van der Waals surface area contributed by atoms with Gasteiger partial charge in [0.25, 0.3) is 0 Å². The summed E-state index contributed by atoms with van der Waals surface area (Å²) in [5.41, 5.74) is 0.361. The Morgan fingerprint density at radius 1 is 1.12 bits per heavy atom. The zero-order valence-electron chi connectivity index (χ0n) is 9.26. The molecule has 0 heterocycles. The molecule has 0 aliphatic heterocycles. The lowest BCUT2D eigenvalue weighted by atomic mass is 10.2. The maximum atomic E-state index is 11.1. The van der Waals surface area contributed by atoms with Crippen LogP contribution in [0.5, 0.6) is 11.5 Å². The van der Waals surface area contributed by atoms with E-state index in [2.05, 4.69) is 4.74 Å². The molecule has 6 nitrogen and oxygen atoms in total. The average molecular weight is 238 g/mol. The van der Waals surface area contributed by atoms with Crippen molar-refractivity contribution in [1.29, 1.82) is 0 Å². The molecule has 90 valence electrons. The highest BCUT2D eigenvalue weighted by Crippen LogP contribution is 2.27. The van der Waals surface area contributed by atoms with Crippen LogP contribution in [0, 0.1) is 0 Å². The summed E-state index contributed by atoms with van der Waals surface area (Å²) < 4.78 is 13.8. The third-order valence-electron chi connectivity index (χ3n) is 1.88. The van der Waals surface area contributed by atoms with Gasteiger partial charge in [-0.05, 0) is 18.2 Å². The second-order valence-corrected chi connectivity index (χ2v) is 2.91. The van der Waals surface area contributed by atoms with Gasteiger partial charge in [-0.15, -0.1) is 0 Å². The highest BCUT2D eigenvalue weighted by atomic mass is 16.6. The van der Waals surface area contributed by atoms with Gasteiger partial charge in [-0.25, -0.2) is 9.59 Å². The highest BCUT2D eigenvalue weighted by molar-refractivity contribution is 6.30. The van der Waals surface area contributed by atoms with Crippen molar-refractivity contribution in [1.82, 2.24) is 0 Å². The first-order valence-corrected chi connectivity index (χ1v) is 4.55. The van der Waals surface area contributed by atoms with Crippen molar-refractivity contribution in [2.45, 2.75) is 0 Å². The molecule has 0 saturated heterocycles. The first kappa shape index (κ1) is 12.7. The minimum absolute atomic E-state index is 0.0356. The van der Waals surface area contributed by atoms with Crippen LogP contribution in [0.25, 0.3) is 0 Å². The van der Waals surface area contributed by atoms with Crippen LogP contribution < -0.4 is 9.47 Å². The van der Waals surface area contributed by atoms with Crippen LogP contribution in [0.4, 0.5) is 0 Å². The summed E-state index contributed by atoms with van der Waals surface area (Å²) in [5, 5.41) is 0. The minimum Gasteiger partial charge on any atom is -0.493 e. The van der Waals surface area contributed by atoms with Crippen LogP contribution in [-0.4, -0.2) is 32.4 Å². The number of hydrogen-bond donors (Lipinski definition) is 0. The van der Waals surface area contributed by atoms with Crippen molar-refractivity contribution < 1.29 is 28.6 Å². The van der Waals surface area contributed by atoms with Gasteiger partial charge in [-0.3, -0.25) is 4.79 Å². The molecule has 0 aliphatic carbocycles. The summed E-state index contributed by atoms with van der Waals surface area (Å²) in [5.74, 6) is -2.07. The summed E-state index contributed by atoms with van der Waals surface area (Å²) in [7, 11) is 2.41. The molecule has 0 aliphatic rings. The van der Waals surface area contributed by atoms with Crippen molar-refractivity contribution in [3.05, 3.63) is 23.8 Å². The Morgan fingerprint density at radius 3 is 2.35 bits per heavy atom. The standard InChI is InChI=1S/C11H10O6/c1-15-9-5-7(6-12)3-4-8(9)17-11(14)10(13)16-2/h3-6H,1-2H3. The molecule has 0 amide bonds. The predicted molar refractivity (Wildman–Crippen MR) is 56.0 cm³/mol. The van der Waals surface area contributed by atoms with Gasteiger partial charge in [0, 0.05) is 5.56 Å². The fourth-order valence-corrected chi connectivity index (χ4v) is 1.07. The van der Waals surface area contributed by atoms with Crippen LogP contribution in [0.15, 0.2) is 18.2 Å². The van der Waals surface area contributed by atoms with E-state index in [1.54, 1.807) is 0 Å². The van der Waals surface area contributed by atoms with Crippen LogP contribution in [-0.2, 0) is 14.3 Å². The van der Waals surface area contributed by atoms with E-state index in [4.69, 9.17) is 9.47 Å². The first-order valence-electron chi connectivity index (χ1n) is 4.55. The van der Waals surface area contributed by atoms with Crippen LogP contribution in [0.3, 0.4) is 0 Å². The molecule has 17 heavy (non-hydrogen) atoms. The smallest absolute Gasteiger partial charge is 0.422 e. The van der Waals surface area contributed by atoms with E-state index in [1.165, 1.54) is 25.3 Å². The maximum absolute atomic E-state index is 11.1. The van der Waals surface area contributed by atoms with Crippen LogP contribution in [0.1, 0.15) is 10.4 Å². The SMILES string of the molecule is COC(=O)C(=O)Oc1ccc(C=O)cc1OC. The average Bonchev–Trinajstić information content (AvgIpc) is 2.37. The van der Waals surface area contributed by atoms with Crippen molar-refractivity contribution >= 4 is 18.2 Å². The van der Waals surface area contributed by atoms with Gasteiger partial charge in [0.1, 0.15) is 6.29 Å². The van der Waals surface area contributed by atoms with Crippen LogP contribution in [0.2, 0.25) is 0 Å². The second kappa shape index (κ2) is 5.64. The quantitative estimate of drug-likeness (QED) is 0.332. The molecule has 0 N–H and O–H groups in total. The number of aldehydes is 1. The number of carbonyl (C=O) groups is 3. The lowest BCUT2D eigenvalue weighted by Gasteiger charge is -2.08. The highest BCUT2D eigenvalue weighted by Gasteiger charge is 2.18. The van der Waals surface area contributed by atoms with Gasteiger partial charge in [-0.2, -0.15) is 0 Å². The monoisotopic (exact) mass is 238 g/mol. The Balaban J connectivity index is 2.94. The van der Waals surface area contributed by atoms with Gasteiger partial charge < -0.3 is 14.2 Å². The van der Waals surface area contributed by atoms with Gasteiger partial charge in [-0.1, -0.05) is 0 Å². The predicted octanol–water partition coefficient (Wildman–Crippen LogP) is 0.586. The fraction of sp³-hybridized carbons (Fsp3) is 0.182. The first-order chi connectivity index (χ1) is 8.12. The molecule has 0 bridgehead atoms. The summed E-state index contributed by atoms with van der Waals surface area (Å²) >= 11 is 0. The van der Waals surface area contributed by atoms with Crippen molar-refractivity contribution in [2.75, 3.05) is 14.2 Å². The topological polar surface area (TPSA) is 78.9 Å². The lowest BCUT2D eigenvalue weighted by Crippen LogP contribution is -2.21. The van der Waals surface area contributed by atoms with Crippen molar-refractivity contribution in [3.8, 4) is 11.5 Å². The Labute approximate surface area is 97.1 Å². The van der Waals surface area contributed by atoms with E-state index in [-0.39, 0.29) is 11.5 Å². The van der Waals surface area contributed by atoms with E-state index >= 15 is 0 Å². The van der Waals surface area contributed by atoms with Gasteiger partial charge in [0.15, 0.2) is 11.5 Å². The molecule has 1 aromatic carbocycles. The van der Waals surface area contributed by atoms with Crippen molar-refractivity contribution in [3.63, 3.8) is 0 Å². The third-order valence-corrected chi connectivity index (χ3v) is 1.88. The van der Waals surface area contributed by atoms with E-state index in [1.807, 2.05) is 0 Å². The zero-order chi connectivity index (χ0) is 12.8. The number of methoxy groups -OCH3 is 2. The van der Waals surface area contributed by atoms with E-state index in [9.17, 15) is 14.4 Å². The Hall–Kier alpha value is -2.37.